The standard InChI is InChI=1S/C14H17BrO3/c1-4-18-13(16)8-11-6-5-7-12(9(11)2)14(17)10(3)15/h5-7,10H,4,8H2,1-3H3. The van der Waals surface area contributed by atoms with Gasteiger partial charge in [-0.15, -0.1) is 0 Å². The van der Waals surface area contributed by atoms with Crippen LogP contribution in [0.25, 0.3) is 0 Å². The van der Waals surface area contributed by atoms with Crippen molar-refractivity contribution < 1.29 is 14.3 Å². The predicted octanol–water partition coefficient (Wildman–Crippen LogP) is 3.07. The lowest BCUT2D eigenvalue weighted by Crippen LogP contribution is -2.14. The van der Waals surface area contributed by atoms with E-state index in [2.05, 4.69) is 15.9 Å². The van der Waals surface area contributed by atoms with Gasteiger partial charge in [-0.05, 0) is 31.9 Å². The molecule has 1 atom stereocenters. The molecular formula is C14H17BrO3. The van der Waals surface area contributed by atoms with E-state index in [0.29, 0.717) is 12.2 Å². The Hall–Kier alpha value is -1.16. The number of esters is 1. The lowest BCUT2D eigenvalue weighted by atomic mass is 9.96. The van der Waals surface area contributed by atoms with Gasteiger partial charge in [-0.3, -0.25) is 9.59 Å². The molecule has 0 heterocycles. The topological polar surface area (TPSA) is 43.4 Å². The Balaban J connectivity index is 2.99. The zero-order chi connectivity index (χ0) is 13.7. The van der Waals surface area contributed by atoms with Gasteiger partial charge < -0.3 is 4.74 Å². The van der Waals surface area contributed by atoms with Gasteiger partial charge >= 0.3 is 5.97 Å². The van der Waals surface area contributed by atoms with Crippen molar-refractivity contribution in [3.05, 3.63) is 34.9 Å². The van der Waals surface area contributed by atoms with E-state index < -0.39 is 0 Å². The monoisotopic (exact) mass is 312 g/mol. The Bertz CT molecular complexity index is 452. The first-order valence-electron chi connectivity index (χ1n) is 5.89. The predicted molar refractivity (Wildman–Crippen MR) is 74.2 cm³/mol. The molecule has 0 aliphatic carbocycles. The molecule has 0 aromatic heterocycles. The van der Waals surface area contributed by atoms with Gasteiger partial charge in [0.15, 0.2) is 5.78 Å². The fraction of sp³-hybridized carbons (Fsp3) is 0.429. The number of rotatable bonds is 5. The number of hydrogen-bond acceptors (Lipinski definition) is 3. The third kappa shape index (κ3) is 3.67. The van der Waals surface area contributed by atoms with Crippen LogP contribution in [0.2, 0.25) is 0 Å². The highest BCUT2D eigenvalue weighted by atomic mass is 79.9. The van der Waals surface area contributed by atoms with E-state index >= 15 is 0 Å². The average molecular weight is 313 g/mol. The van der Waals surface area contributed by atoms with Crippen LogP contribution in [0.3, 0.4) is 0 Å². The first-order valence-corrected chi connectivity index (χ1v) is 6.81. The minimum Gasteiger partial charge on any atom is -0.466 e. The molecule has 3 nitrogen and oxygen atoms in total. The van der Waals surface area contributed by atoms with Crippen LogP contribution in [0.5, 0.6) is 0 Å². The summed E-state index contributed by atoms with van der Waals surface area (Å²) in [6.45, 7) is 5.79. The Morgan fingerprint density at radius 1 is 1.39 bits per heavy atom. The van der Waals surface area contributed by atoms with Crippen molar-refractivity contribution in [1.29, 1.82) is 0 Å². The molecule has 0 aliphatic heterocycles. The zero-order valence-electron chi connectivity index (χ0n) is 10.8. The highest BCUT2D eigenvalue weighted by molar-refractivity contribution is 9.10. The largest absolute Gasteiger partial charge is 0.466 e. The summed E-state index contributed by atoms with van der Waals surface area (Å²) in [7, 11) is 0. The van der Waals surface area contributed by atoms with E-state index in [0.717, 1.165) is 11.1 Å². The molecule has 0 N–H and O–H groups in total. The molecule has 0 bridgehead atoms. The van der Waals surface area contributed by atoms with Gasteiger partial charge in [0, 0.05) is 5.56 Å². The van der Waals surface area contributed by atoms with Gasteiger partial charge in [-0.25, -0.2) is 0 Å². The summed E-state index contributed by atoms with van der Waals surface area (Å²) in [6.07, 6.45) is 0.206. The lowest BCUT2D eigenvalue weighted by Gasteiger charge is -2.11. The number of hydrogen-bond donors (Lipinski definition) is 0. The number of Topliss-reactive ketones (excluding diaryl/α,β-unsaturated/α-hetero) is 1. The summed E-state index contributed by atoms with van der Waals surface area (Å²) in [4.78, 5) is 23.2. The van der Waals surface area contributed by atoms with E-state index in [1.54, 1.807) is 26.0 Å². The molecule has 1 aromatic carbocycles. The van der Waals surface area contributed by atoms with Gasteiger partial charge in [0.2, 0.25) is 0 Å². The number of carbonyl (C=O) groups excluding carboxylic acids is 2. The molecule has 18 heavy (non-hydrogen) atoms. The second kappa shape index (κ2) is 6.69. The van der Waals surface area contributed by atoms with E-state index in [1.165, 1.54) is 0 Å². The molecule has 0 saturated heterocycles. The SMILES string of the molecule is CCOC(=O)Cc1cccc(C(=O)C(C)Br)c1C. The summed E-state index contributed by atoms with van der Waals surface area (Å²) in [5, 5.41) is 0. The summed E-state index contributed by atoms with van der Waals surface area (Å²) >= 11 is 3.27. The summed E-state index contributed by atoms with van der Waals surface area (Å²) in [5.41, 5.74) is 2.34. The maximum Gasteiger partial charge on any atom is 0.310 e. The Labute approximate surface area is 116 Å². The summed E-state index contributed by atoms with van der Waals surface area (Å²) < 4.78 is 4.92. The molecule has 98 valence electrons. The Morgan fingerprint density at radius 3 is 2.61 bits per heavy atom. The fourth-order valence-corrected chi connectivity index (χ4v) is 1.97. The van der Waals surface area contributed by atoms with Gasteiger partial charge in [0.25, 0.3) is 0 Å². The van der Waals surface area contributed by atoms with Crippen molar-refractivity contribution in [2.75, 3.05) is 6.61 Å². The molecule has 0 radical (unpaired) electrons. The Morgan fingerprint density at radius 2 is 2.06 bits per heavy atom. The van der Waals surface area contributed by atoms with Crippen LogP contribution in [0.15, 0.2) is 18.2 Å². The smallest absolute Gasteiger partial charge is 0.310 e. The molecule has 0 fully saturated rings. The van der Waals surface area contributed by atoms with Gasteiger partial charge in [0.1, 0.15) is 0 Å². The van der Waals surface area contributed by atoms with E-state index in [9.17, 15) is 9.59 Å². The molecule has 1 unspecified atom stereocenters. The van der Waals surface area contributed by atoms with Crippen molar-refractivity contribution in [1.82, 2.24) is 0 Å². The van der Waals surface area contributed by atoms with Crippen LogP contribution in [-0.4, -0.2) is 23.2 Å². The zero-order valence-corrected chi connectivity index (χ0v) is 12.4. The van der Waals surface area contributed by atoms with Crippen molar-refractivity contribution >= 4 is 27.7 Å². The van der Waals surface area contributed by atoms with Gasteiger partial charge in [-0.2, -0.15) is 0 Å². The number of ether oxygens (including phenoxy) is 1. The first-order chi connectivity index (χ1) is 8.47. The minimum absolute atomic E-state index is 0.0261. The number of ketones is 1. The van der Waals surface area contributed by atoms with Crippen LogP contribution in [0, 0.1) is 6.92 Å². The molecule has 0 saturated carbocycles. The number of benzene rings is 1. The highest BCUT2D eigenvalue weighted by Gasteiger charge is 2.17. The second-order valence-electron chi connectivity index (χ2n) is 4.05. The van der Waals surface area contributed by atoms with Gasteiger partial charge in [-0.1, -0.05) is 34.1 Å². The molecule has 0 spiro atoms. The normalized spacial score (nSPS) is 12.0. The van der Waals surface area contributed by atoms with Crippen LogP contribution in [0.1, 0.15) is 35.3 Å². The fourth-order valence-electron chi connectivity index (χ4n) is 1.72. The molecule has 1 aromatic rings. The number of halogens is 1. The number of alkyl halides is 1. The van der Waals surface area contributed by atoms with Crippen molar-refractivity contribution in [2.45, 2.75) is 32.0 Å². The quantitative estimate of drug-likeness (QED) is 0.477. The van der Waals surface area contributed by atoms with E-state index in [4.69, 9.17) is 4.74 Å². The van der Waals surface area contributed by atoms with Crippen molar-refractivity contribution in [3.8, 4) is 0 Å². The third-order valence-electron chi connectivity index (χ3n) is 2.71. The maximum absolute atomic E-state index is 12.0. The molecule has 1 rings (SSSR count). The first kappa shape index (κ1) is 14.9. The van der Waals surface area contributed by atoms with E-state index in [1.807, 2.05) is 13.0 Å². The summed E-state index contributed by atoms with van der Waals surface area (Å²) in [5.74, 6) is -0.240. The van der Waals surface area contributed by atoms with E-state index in [-0.39, 0.29) is 23.0 Å². The van der Waals surface area contributed by atoms with Crippen LogP contribution >= 0.6 is 15.9 Å². The third-order valence-corrected chi connectivity index (χ3v) is 3.13. The van der Waals surface area contributed by atoms with Crippen LogP contribution < -0.4 is 0 Å². The maximum atomic E-state index is 12.0. The second-order valence-corrected chi connectivity index (χ2v) is 5.43. The summed E-state index contributed by atoms with van der Waals surface area (Å²) in [6, 6.07) is 5.43. The molecule has 0 aliphatic rings. The molecule has 4 heteroatoms. The lowest BCUT2D eigenvalue weighted by molar-refractivity contribution is -0.142. The number of carbonyl (C=O) groups is 2. The van der Waals surface area contributed by atoms with Crippen molar-refractivity contribution in [3.63, 3.8) is 0 Å². The molecular weight excluding hydrogens is 296 g/mol. The van der Waals surface area contributed by atoms with Crippen LogP contribution in [0.4, 0.5) is 0 Å². The average Bonchev–Trinajstić information content (AvgIpc) is 2.31. The van der Waals surface area contributed by atoms with Crippen molar-refractivity contribution in [2.24, 2.45) is 0 Å². The van der Waals surface area contributed by atoms with Crippen LogP contribution in [-0.2, 0) is 16.0 Å². The highest BCUT2D eigenvalue weighted by Crippen LogP contribution is 2.18. The molecule has 0 amide bonds. The van der Waals surface area contributed by atoms with Gasteiger partial charge in [0.05, 0.1) is 17.9 Å². The Kier molecular flexibility index (Phi) is 5.54. The minimum atomic E-state index is -0.267.